The van der Waals surface area contributed by atoms with Crippen molar-refractivity contribution in [1.29, 1.82) is 0 Å². The van der Waals surface area contributed by atoms with E-state index in [2.05, 4.69) is 18.9 Å². The van der Waals surface area contributed by atoms with Crippen molar-refractivity contribution in [2.45, 2.75) is 91.2 Å². The van der Waals surface area contributed by atoms with Crippen molar-refractivity contribution in [3.05, 3.63) is 18.0 Å². The van der Waals surface area contributed by atoms with E-state index in [0.29, 0.717) is 24.2 Å². The van der Waals surface area contributed by atoms with Crippen molar-refractivity contribution in [3.63, 3.8) is 0 Å². The molecule has 30 heavy (non-hydrogen) atoms. The molecule has 4 saturated carbocycles. The summed E-state index contributed by atoms with van der Waals surface area (Å²) < 4.78 is 1.84. The molecule has 1 aromatic rings. The highest BCUT2D eigenvalue weighted by molar-refractivity contribution is 5.82. The van der Waals surface area contributed by atoms with Crippen LogP contribution in [-0.2, 0) is 11.3 Å². The minimum Gasteiger partial charge on any atom is -0.390 e. The van der Waals surface area contributed by atoms with Gasteiger partial charge in [-0.2, -0.15) is 5.10 Å². The maximum Gasteiger partial charge on any atom is 0.157 e. The SMILES string of the molecule is Cc1ccn(CC(=O)[C@H]2C[C@@H](C)[C@H]3[C@@H]4CC[C@@H]5C[C@](C)(O)CC[C@@H]5[C@H]4CC[C@@]32C)n1. The lowest BCUT2D eigenvalue weighted by atomic mass is 9.48. The molecule has 4 fully saturated rings. The second-order valence-electron chi connectivity index (χ2n) is 12.0. The monoisotopic (exact) mass is 412 g/mol. The predicted octanol–water partition coefficient (Wildman–Crippen LogP) is 5.03. The van der Waals surface area contributed by atoms with Crippen LogP contribution in [0.4, 0.5) is 0 Å². The average molecular weight is 413 g/mol. The number of nitrogens with zero attached hydrogens (tertiary/aromatic N) is 2. The fraction of sp³-hybridized carbons (Fsp3) is 0.846. The molecule has 0 spiro atoms. The van der Waals surface area contributed by atoms with Gasteiger partial charge >= 0.3 is 0 Å². The Balaban J connectivity index is 1.35. The van der Waals surface area contributed by atoms with Crippen LogP contribution in [0.5, 0.6) is 0 Å². The van der Waals surface area contributed by atoms with Gasteiger partial charge in [0.1, 0.15) is 0 Å². The summed E-state index contributed by atoms with van der Waals surface area (Å²) in [5.74, 6) is 5.05. The zero-order valence-electron chi connectivity index (χ0n) is 19.3. The molecular formula is C26H40N2O2. The highest BCUT2D eigenvalue weighted by Crippen LogP contribution is 2.66. The maximum absolute atomic E-state index is 13.4. The molecule has 0 aliphatic heterocycles. The molecule has 0 saturated heterocycles. The van der Waals surface area contributed by atoms with Gasteiger partial charge in [0.15, 0.2) is 5.78 Å². The number of aryl methyl sites for hydroxylation is 1. The lowest BCUT2D eigenvalue weighted by Gasteiger charge is -2.57. The van der Waals surface area contributed by atoms with Crippen LogP contribution in [0, 0.1) is 53.8 Å². The fourth-order valence-corrected chi connectivity index (χ4v) is 8.94. The summed E-state index contributed by atoms with van der Waals surface area (Å²) in [6.45, 7) is 9.34. The Bertz CT molecular complexity index is 814. The van der Waals surface area contributed by atoms with E-state index < -0.39 is 5.60 Å². The summed E-state index contributed by atoms with van der Waals surface area (Å²) in [6.07, 6.45) is 11.3. The van der Waals surface area contributed by atoms with E-state index in [4.69, 9.17) is 0 Å². The van der Waals surface area contributed by atoms with Crippen LogP contribution < -0.4 is 0 Å². The molecule has 166 valence electrons. The third kappa shape index (κ3) is 3.29. The van der Waals surface area contributed by atoms with Crippen molar-refractivity contribution < 1.29 is 9.90 Å². The van der Waals surface area contributed by atoms with Crippen molar-refractivity contribution in [2.75, 3.05) is 0 Å². The van der Waals surface area contributed by atoms with E-state index in [9.17, 15) is 9.90 Å². The molecule has 0 aromatic carbocycles. The zero-order valence-corrected chi connectivity index (χ0v) is 19.3. The smallest absolute Gasteiger partial charge is 0.157 e. The van der Waals surface area contributed by atoms with E-state index in [0.717, 1.165) is 48.6 Å². The van der Waals surface area contributed by atoms with E-state index in [-0.39, 0.29) is 11.3 Å². The molecule has 1 aromatic heterocycles. The van der Waals surface area contributed by atoms with Crippen LogP contribution in [0.2, 0.25) is 0 Å². The van der Waals surface area contributed by atoms with E-state index >= 15 is 0 Å². The molecule has 4 nitrogen and oxygen atoms in total. The van der Waals surface area contributed by atoms with Gasteiger partial charge in [-0.3, -0.25) is 9.48 Å². The lowest BCUT2D eigenvalue weighted by Crippen LogP contribution is -2.51. The first-order valence-electron chi connectivity index (χ1n) is 12.4. The summed E-state index contributed by atoms with van der Waals surface area (Å²) in [5, 5.41) is 15.1. The van der Waals surface area contributed by atoms with Crippen LogP contribution in [0.25, 0.3) is 0 Å². The largest absolute Gasteiger partial charge is 0.390 e. The number of carbonyl (C=O) groups is 1. The number of Topliss-reactive ketones (excluding diaryl/α,β-unsaturated/α-hetero) is 1. The minimum atomic E-state index is -0.444. The number of hydrogen-bond donors (Lipinski definition) is 1. The van der Waals surface area contributed by atoms with Gasteiger partial charge in [-0.25, -0.2) is 0 Å². The van der Waals surface area contributed by atoms with Crippen molar-refractivity contribution >= 4 is 5.78 Å². The average Bonchev–Trinajstić information content (AvgIpc) is 3.20. The highest BCUT2D eigenvalue weighted by atomic mass is 16.3. The first-order chi connectivity index (χ1) is 14.2. The summed E-state index contributed by atoms with van der Waals surface area (Å²) in [4.78, 5) is 13.4. The van der Waals surface area contributed by atoms with Gasteiger partial charge in [0.2, 0.25) is 0 Å². The Morgan fingerprint density at radius 3 is 2.67 bits per heavy atom. The second-order valence-corrected chi connectivity index (χ2v) is 12.0. The standard InChI is InChI=1S/C26H40N2O2/c1-16-13-22(23(29)15-28-12-9-17(2)27-28)26(4)11-8-20-19-7-10-25(3,30)14-18(19)5-6-21(20)24(16)26/h9,12,16,18-22,24,30H,5-8,10-11,13-15H2,1-4H3/t16-,18-,19+,20-,21-,22-,24+,25-,26-/m1/s1. The number of aliphatic hydroxyl groups is 1. The quantitative estimate of drug-likeness (QED) is 0.758. The Kier molecular flexibility index (Phi) is 4.96. The fourth-order valence-electron chi connectivity index (χ4n) is 8.94. The number of aromatic nitrogens is 2. The van der Waals surface area contributed by atoms with Gasteiger partial charge in [-0.1, -0.05) is 13.8 Å². The molecule has 0 unspecified atom stereocenters. The molecule has 9 atom stereocenters. The van der Waals surface area contributed by atoms with Crippen molar-refractivity contribution in [3.8, 4) is 0 Å². The van der Waals surface area contributed by atoms with E-state index in [1.165, 1.54) is 32.1 Å². The molecule has 0 amide bonds. The topological polar surface area (TPSA) is 55.1 Å². The first-order valence-corrected chi connectivity index (χ1v) is 12.4. The molecule has 5 rings (SSSR count). The third-order valence-corrected chi connectivity index (χ3v) is 10.0. The van der Waals surface area contributed by atoms with Crippen molar-refractivity contribution in [1.82, 2.24) is 9.78 Å². The Morgan fingerprint density at radius 2 is 1.93 bits per heavy atom. The molecule has 4 aliphatic rings. The van der Waals surface area contributed by atoms with Crippen LogP contribution in [0.15, 0.2) is 12.3 Å². The van der Waals surface area contributed by atoms with Crippen LogP contribution in [0.1, 0.15) is 77.8 Å². The lowest BCUT2D eigenvalue weighted by molar-refractivity contribution is -0.133. The van der Waals surface area contributed by atoms with E-state index in [1.54, 1.807) is 0 Å². The van der Waals surface area contributed by atoms with Gasteiger partial charge in [-0.15, -0.1) is 0 Å². The number of carbonyl (C=O) groups excluding carboxylic acids is 1. The molecule has 4 aliphatic carbocycles. The van der Waals surface area contributed by atoms with Crippen LogP contribution in [0.3, 0.4) is 0 Å². The molecule has 1 heterocycles. The summed E-state index contributed by atoms with van der Waals surface area (Å²) in [7, 11) is 0. The Morgan fingerprint density at radius 1 is 1.17 bits per heavy atom. The Labute approximate surface area is 181 Å². The van der Waals surface area contributed by atoms with Crippen LogP contribution in [-0.4, -0.2) is 26.3 Å². The van der Waals surface area contributed by atoms with Gasteiger partial charge in [-0.05, 0) is 112 Å². The zero-order chi connectivity index (χ0) is 21.3. The molecule has 4 heteroatoms. The molecule has 0 radical (unpaired) electrons. The summed E-state index contributed by atoms with van der Waals surface area (Å²) in [6, 6.07) is 1.99. The number of fused-ring (bicyclic) bond motifs is 5. The van der Waals surface area contributed by atoms with Gasteiger partial charge in [0.05, 0.1) is 17.8 Å². The minimum absolute atomic E-state index is 0.160. The van der Waals surface area contributed by atoms with E-state index in [1.807, 2.05) is 30.8 Å². The maximum atomic E-state index is 13.4. The molecule has 0 bridgehead atoms. The highest BCUT2D eigenvalue weighted by Gasteiger charge is 2.60. The summed E-state index contributed by atoms with van der Waals surface area (Å²) in [5.41, 5.74) is 0.697. The normalized spacial score (nSPS) is 48.0. The second kappa shape index (κ2) is 7.18. The molecular weight excluding hydrogens is 372 g/mol. The predicted molar refractivity (Wildman–Crippen MR) is 118 cm³/mol. The Hall–Kier alpha value is -1.16. The number of ketones is 1. The summed E-state index contributed by atoms with van der Waals surface area (Å²) >= 11 is 0. The number of hydrogen-bond acceptors (Lipinski definition) is 3. The van der Waals surface area contributed by atoms with Gasteiger partial charge < -0.3 is 5.11 Å². The first kappa shape index (κ1) is 20.7. The van der Waals surface area contributed by atoms with Crippen LogP contribution >= 0.6 is 0 Å². The number of rotatable bonds is 3. The van der Waals surface area contributed by atoms with Gasteiger partial charge in [0, 0.05) is 12.1 Å². The van der Waals surface area contributed by atoms with Crippen molar-refractivity contribution in [2.24, 2.45) is 46.8 Å². The third-order valence-electron chi connectivity index (χ3n) is 10.0. The van der Waals surface area contributed by atoms with Gasteiger partial charge in [0.25, 0.3) is 0 Å². The molecule has 1 N–H and O–H groups in total.